The molecule has 0 unspecified atom stereocenters. The van der Waals surface area contributed by atoms with Crippen LogP contribution in [0.3, 0.4) is 0 Å². The van der Waals surface area contributed by atoms with Crippen molar-refractivity contribution in [3.8, 4) is 6.07 Å². The number of nitrogens with zero attached hydrogens (tertiary/aromatic N) is 2. The van der Waals surface area contributed by atoms with Gasteiger partial charge in [0.2, 0.25) is 0 Å². The third-order valence-electron chi connectivity index (χ3n) is 2.58. The Labute approximate surface area is 115 Å². The molecule has 18 heavy (non-hydrogen) atoms. The molecular weight excluding hydrogens is 264 g/mol. The molecular formula is C14H11ClN2S. The van der Waals surface area contributed by atoms with Crippen LogP contribution in [-0.2, 0) is 0 Å². The molecule has 1 aromatic carbocycles. The molecule has 2 rings (SSSR count). The summed E-state index contributed by atoms with van der Waals surface area (Å²) in [5, 5.41) is 10.6. The van der Waals surface area contributed by atoms with Gasteiger partial charge in [-0.1, -0.05) is 29.8 Å². The van der Waals surface area contributed by atoms with E-state index in [-0.39, 0.29) is 0 Å². The number of aryl methyl sites for hydroxylation is 2. The maximum Gasteiger partial charge on any atom is 0.134 e. The van der Waals surface area contributed by atoms with E-state index in [2.05, 4.69) is 11.1 Å². The van der Waals surface area contributed by atoms with E-state index in [9.17, 15) is 5.26 Å². The normalized spacial score (nSPS) is 11.3. The third-order valence-corrected chi connectivity index (χ3v) is 4.03. The smallest absolute Gasteiger partial charge is 0.134 e. The van der Waals surface area contributed by atoms with Crippen molar-refractivity contribution >= 4 is 34.6 Å². The number of rotatable bonds is 2. The van der Waals surface area contributed by atoms with Crippen molar-refractivity contribution in [3.05, 3.63) is 50.4 Å². The Balaban J connectivity index is 2.47. The molecule has 1 aromatic heterocycles. The Hall–Kier alpha value is -1.63. The average Bonchev–Trinajstić information content (AvgIpc) is 2.68. The van der Waals surface area contributed by atoms with E-state index in [4.69, 9.17) is 11.6 Å². The van der Waals surface area contributed by atoms with E-state index in [0.29, 0.717) is 10.6 Å². The summed E-state index contributed by atoms with van der Waals surface area (Å²) in [7, 11) is 0. The van der Waals surface area contributed by atoms with Crippen LogP contribution in [0.15, 0.2) is 24.3 Å². The average molecular weight is 275 g/mol. The lowest BCUT2D eigenvalue weighted by atomic mass is 10.1. The van der Waals surface area contributed by atoms with Crippen molar-refractivity contribution in [2.75, 3.05) is 0 Å². The summed E-state index contributed by atoms with van der Waals surface area (Å²) in [6, 6.07) is 9.63. The molecule has 0 fully saturated rings. The van der Waals surface area contributed by atoms with E-state index >= 15 is 0 Å². The lowest BCUT2D eigenvalue weighted by molar-refractivity contribution is 1.21. The lowest BCUT2D eigenvalue weighted by Crippen LogP contribution is -1.82. The molecule has 0 radical (unpaired) electrons. The van der Waals surface area contributed by atoms with Gasteiger partial charge in [-0.05, 0) is 31.6 Å². The van der Waals surface area contributed by atoms with Crippen molar-refractivity contribution in [2.24, 2.45) is 0 Å². The molecule has 90 valence electrons. The van der Waals surface area contributed by atoms with Gasteiger partial charge in [0.05, 0.1) is 11.3 Å². The number of aromatic nitrogens is 1. The molecule has 2 nitrogen and oxygen atoms in total. The standard InChI is InChI=1S/C14H11ClN2S/c1-9-10(2)18-14(17-9)12(8-16)7-11-5-3-4-6-13(11)15/h3-7H,1-2H3/b12-7+. The second kappa shape index (κ2) is 5.34. The minimum Gasteiger partial charge on any atom is -0.240 e. The van der Waals surface area contributed by atoms with Crippen LogP contribution in [0, 0.1) is 25.2 Å². The lowest BCUT2D eigenvalue weighted by Gasteiger charge is -1.98. The van der Waals surface area contributed by atoms with E-state index in [1.54, 1.807) is 12.1 Å². The maximum absolute atomic E-state index is 9.24. The SMILES string of the molecule is Cc1nc(/C(C#N)=C/c2ccccc2Cl)sc1C. The largest absolute Gasteiger partial charge is 0.240 e. The van der Waals surface area contributed by atoms with Crippen LogP contribution in [0.1, 0.15) is 21.1 Å². The first-order valence-electron chi connectivity index (χ1n) is 5.42. The molecule has 0 saturated heterocycles. The highest BCUT2D eigenvalue weighted by Crippen LogP contribution is 2.27. The summed E-state index contributed by atoms with van der Waals surface area (Å²) >= 11 is 7.61. The van der Waals surface area contributed by atoms with Crippen LogP contribution in [0.4, 0.5) is 0 Å². The fourth-order valence-corrected chi connectivity index (χ4v) is 2.55. The minimum absolute atomic E-state index is 0.546. The quantitative estimate of drug-likeness (QED) is 0.757. The van der Waals surface area contributed by atoms with Gasteiger partial charge in [0.15, 0.2) is 0 Å². The van der Waals surface area contributed by atoms with Gasteiger partial charge in [-0.15, -0.1) is 11.3 Å². The number of nitriles is 1. The number of allylic oxidation sites excluding steroid dienone is 1. The molecule has 0 aliphatic heterocycles. The Morgan fingerprint density at radius 1 is 1.39 bits per heavy atom. The molecule has 1 heterocycles. The van der Waals surface area contributed by atoms with Crippen molar-refractivity contribution < 1.29 is 0 Å². The predicted octanol–water partition coefficient (Wildman–Crippen LogP) is 4.48. The molecule has 0 saturated carbocycles. The van der Waals surface area contributed by atoms with Crippen LogP contribution in [0.2, 0.25) is 5.02 Å². The summed E-state index contributed by atoms with van der Waals surface area (Å²) in [4.78, 5) is 5.52. The van der Waals surface area contributed by atoms with Crippen molar-refractivity contribution in [1.29, 1.82) is 5.26 Å². The number of benzene rings is 1. The first-order valence-corrected chi connectivity index (χ1v) is 6.62. The number of hydrogen-bond donors (Lipinski definition) is 0. The Kier molecular flexibility index (Phi) is 3.81. The minimum atomic E-state index is 0.546. The fourth-order valence-electron chi connectivity index (χ4n) is 1.48. The first-order chi connectivity index (χ1) is 8.61. The van der Waals surface area contributed by atoms with E-state index in [1.807, 2.05) is 32.0 Å². The van der Waals surface area contributed by atoms with Gasteiger partial charge in [0, 0.05) is 9.90 Å². The molecule has 0 amide bonds. The molecule has 0 spiro atoms. The van der Waals surface area contributed by atoms with Crippen molar-refractivity contribution in [3.63, 3.8) is 0 Å². The van der Waals surface area contributed by atoms with Gasteiger partial charge in [-0.3, -0.25) is 0 Å². The molecule has 0 atom stereocenters. The van der Waals surface area contributed by atoms with Gasteiger partial charge in [0.1, 0.15) is 11.1 Å². The van der Waals surface area contributed by atoms with E-state index < -0.39 is 0 Å². The van der Waals surface area contributed by atoms with Crippen LogP contribution < -0.4 is 0 Å². The molecule has 0 N–H and O–H groups in total. The van der Waals surface area contributed by atoms with Gasteiger partial charge in [0.25, 0.3) is 0 Å². The molecule has 2 aromatic rings. The first kappa shape index (κ1) is 12.8. The zero-order chi connectivity index (χ0) is 13.1. The second-order valence-corrected chi connectivity index (χ2v) is 5.46. The topological polar surface area (TPSA) is 36.7 Å². The Morgan fingerprint density at radius 3 is 2.67 bits per heavy atom. The van der Waals surface area contributed by atoms with Crippen LogP contribution in [0.25, 0.3) is 11.6 Å². The third kappa shape index (κ3) is 2.61. The van der Waals surface area contributed by atoms with Crippen LogP contribution >= 0.6 is 22.9 Å². The van der Waals surface area contributed by atoms with Gasteiger partial charge < -0.3 is 0 Å². The molecule has 4 heteroatoms. The highest BCUT2D eigenvalue weighted by atomic mass is 35.5. The molecule has 0 aliphatic carbocycles. The number of halogens is 1. The van der Waals surface area contributed by atoms with Crippen molar-refractivity contribution in [2.45, 2.75) is 13.8 Å². The summed E-state index contributed by atoms with van der Waals surface area (Å²) in [5.74, 6) is 0. The van der Waals surface area contributed by atoms with Crippen LogP contribution in [0.5, 0.6) is 0 Å². The number of hydrogen-bond acceptors (Lipinski definition) is 3. The zero-order valence-electron chi connectivity index (χ0n) is 10.1. The van der Waals surface area contributed by atoms with E-state index in [1.165, 1.54) is 11.3 Å². The fraction of sp³-hybridized carbons (Fsp3) is 0.143. The summed E-state index contributed by atoms with van der Waals surface area (Å²) < 4.78 is 0. The Morgan fingerprint density at radius 2 is 2.11 bits per heavy atom. The van der Waals surface area contributed by atoms with Gasteiger partial charge >= 0.3 is 0 Å². The predicted molar refractivity (Wildman–Crippen MR) is 76.5 cm³/mol. The number of thiazole rings is 1. The summed E-state index contributed by atoms with van der Waals surface area (Å²) in [6.45, 7) is 3.95. The summed E-state index contributed by atoms with van der Waals surface area (Å²) in [6.07, 6.45) is 1.78. The second-order valence-electron chi connectivity index (χ2n) is 3.85. The summed E-state index contributed by atoms with van der Waals surface area (Å²) in [5.41, 5.74) is 2.35. The van der Waals surface area contributed by atoms with E-state index in [0.717, 1.165) is 21.1 Å². The highest BCUT2D eigenvalue weighted by molar-refractivity contribution is 7.12. The highest BCUT2D eigenvalue weighted by Gasteiger charge is 2.09. The Bertz CT molecular complexity index is 631. The maximum atomic E-state index is 9.24. The van der Waals surface area contributed by atoms with Crippen LogP contribution in [-0.4, -0.2) is 4.98 Å². The molecule has 0 bridgehead atoms. The van der Waals surface area contributed by atoms with Gasteiger partial charge in [-0.2, -0.15) is 5.26 Å². The van der Waals surface area contributed by atoms with Crippen molar-refractivity contribution in [1.82, 2.24) is 4.98 Å². The monoisotopic (exact) mass is 274 g/mol. The van der Waals surface area contributed by atoms with Gasteiger partial charge in [-0.25, -0.2) is 4.98 Å². The molecule has 0 aliphatic rings. The zero-order valence-corrected chi connectivity index (χ0v) is 11.6.